The SMILES string of the molecule is CCOC(=O)[C@H]1[C@H]2C(=O)N(CCCCCO)C(C(=O)NC3CCCCC3)C23CC[C@]1(CC)O3. The van der Waals surface area contributed by atoms with Gasteiger partial charge in [-0.25, -0.2) is 0 Å². The predicted octanol–water partition coefficient (Wildman–Crippen LogP) is 2.32. The molecule has 8 heteroatoms. The van der Waals surface area contributed by atoms with E-state index in [-0.39, 0.29) is 37.0 Å². The van der Waals surface area contributed by atoms with Gasteiger partial charge in [0, 0.05) is 19.2 Å². The summed E-state index contributed by atoms with van der Waals surface area (Å²) in [4.78, 5) is 42.3. The highest BCUT2D eigenvalue weighted by atomic mass is 16.6. The first-order valence-corrected chi connectivity index (χ1v) is 13.0. The number of hydrogen-bond acceptors (Lipinski definition) is 6. The van der Waals surface area contributed by atoms with Gasteiger partial charge in [0.25, 0.3) is 0 Å². The van der Waals surface area contributed by atoms with E-state index in [0.29, 0.717) is 38.6 Å². The van der Waals surface area contributed by atoms with Gasteiger partial charge in [-0.3, -0.25) is 14.4 Å². The van der Waals surface area contributed by atoms with Gasteiger partial charge in [0.15, 0.2) is 0 Å². The molecule has 8 nitrogen and oxygen atoms in total. The zero-order chi connectivity index (χ0) is 23.6. The molecule has 3 heterocycles. The minimum absolute atomic E-state index is 0.110. The third-order valence-electron chi connectivity index (χ3n) is 8.48. The highest BCUT2D eigenvalue weighted by Crippen LogP contribution is 2.64. The summed E-state index contributed by atoms with van der Waals surface area (Å²) >= 11 is 0. The summed E-state index contributed by atoms with van der Waals surface area (Å²) in [6, 6.07) is -0.591. The Labute approximate surface area is 196 Å². The number of hydrogen-bond donors (Lipinski definition) is 2. The van der Waals surface area contributed by atoms with Crippen molar-refractivity contribution in [3.8, 4) is 0 Å². The molecule has 0 aromatic heterocycles. The first-order valence-electron chi connectivity index (χ1n) is 13.0. The summed E-state index contributed by atoms with van der Waals surface area (Å²) in [5.74, 6) is -2.03. The average Bonchev–Trinajstić information content (AvgIpc) is 3.41. The second-order valence-corrected chi connectivity index (χ2v) is 10.2. The highest BCUT2D eigenvalue weighted by molar-refractivity contribution is 5.98. The first-order chi connectivity index (χ1) is 15.9. The molecule has 4 fully saturated rings. The van der Waals surface area contributed by atoms with Crippen LogP contribution in [0, 0.1) is 11.8 Å². The van der Waals surface area contributed by atoms with Crippen molar-refractivity contribution in [1.82, 2.24) is 10.2 Å². The van der Waals surface area contributed by atoms with E-state index in [4.69, 9.17) is 14.6 Å². The molecular weight excluding hydrogens is 424 g/mol. The van der Waals surface area contributed by atoms with Gasteiger partial charge in [-0.1, -0.05) is 26.2 Å². The van der Waals surface area contributed by atoms with E-state index in [1.165, 1.54) is 6.42 Å². The van der Waals surface area contributed by atoms with Crippen LogP contribution in [0.1, 0.15) is 84.5 Å². The monoisotopic (exact) mass is 464 g/mol. The van der Waals surface area contributed by atoms with E-state index in [0.717, 1.165) is 32.1 Å². The third-order valence-corrected chi connectivity index (χ3v) is 8.48. The van der Waals surface area contributed by atoms with Crippen molar-refractivity contribution in [1.29, 1.82) is 0 Å². The van der Waals surface area contributed by atoms with E-state index >= 15 is 0 Å². The van der Waals surface area contributed by atoms with E-state index in [1.807, 2.05) is 6.92 Å². The Bertz CT molecular complexity index is 753. The fourth-order valence-electron chi connectivity index (χ4n) is 6.95. The molecule has 0 aromatic carbocycles. The van der Waals surface area contributed by atoms with Crippen molar-refractivity contribution in [3.63, 3.8) is 0 Å². The number of nitrogens with zero attached hydrogens (tertiary/aromatic N) is 1. The maximum Gasteiger partial charge on any atom is 0.312 e. The maximum absolute atomic E-state index is 13.8. The number of likely N-dealkylation sites (tertiary alicyclic amines) is 1. The smallest absolute Gasteiger partial charge is 0.312 e. The van der Waals surface area contributed by atoms with Crippen LogP contribution in [0.25, 0.3) is 0 Å². The summed E-state index contributed by atoms with van der Waals surface area (Å²) in [5, 5.41) is 12.4. The lowest BCUT2D eigenvalue weighted by Gasteiger charge is -2.35. The number of esters is 1. The van der Waals surface area contributed by atoms with Crippen LogP contribution in [0.3, 0.4) is 0 Å². The lowest BCUT2D eigenvalue weighted by atomic mass is 9.65. The van der Waals surface area contributed by atoms with Gasteiger partial charge < -0.3 is 24.8 Å². The fourth-order valence-corrected chi connectivity index (χ4v) is 6.95. The Morgan fingerprint density at radius 3 is 2.58 bits per heavy atom. The van der Waals surface area contributed by atoms with Gasteiger partial charge in [0.1, 0.15) is 17.6 Å². The zero-order valence-corrected chi connectivity index (χ0v) is 20.1. The number of fused-ring (bicyclic) bond motifs is 1. The first kappa shape index (κ1) is 24.5. The Kier molecular flexibility index (Phi) is 7.34. The predicted molar refractivity (Wildman–Crippen MR) is 121 cm³/mol. The van der Waals surface area contributed by atoms with Gasteiger partial charge in [0.2, 0.25) is 11.8 Å². The van der Waals surface area contributed by atoms with E-state index in [9.17, 15) is 14.4 Å². The molecule has 1 saturated carbocycles. The van der Waals surface area contributed by atoms with Gasteiger partial charge in [-0.15, -0.1) is 0 Å². The van der Waals surface area contributed by atoms with E-state index < -0.39 is 29.1 Å². The van der Waals surface area contributed by atoms with Crippen LogP contribution in [-0.2, 0) is 23.9 Å². The molecule has 4 rings (SSSR count). The van der Waals surface area contributed by atoms with Gasteiger partial charge >= 0.3 is 5.97 Å². The molecule has 1 aliphatic carbocycles. The Morgan fingerprint density at radius 1 is 1.15 bits per heavy atom. The number of carbonyl (C=O) groups excluding carboxylic acids is 3. The number of unbranched alkanes of at least 4 members (excludes halogenated alkanes) is 2. The second kappa shape index (κ2) is 9.90. The molecule has 3 aliphatic heterocycles. The maximum atomic E-state index is 13.8. The van der Waals surface area contributed by atoms with Gasteiger partial charge in [-0.05, 0) is 58.3 Å². The van der Waals surface area contributed by atoms with Crippen LogP contribution in [-0.4, -0.2) is 70.8 Å². The highest BCUT2D eigenvalue weighted by Gasteiger charge is 2.78. The minimum atomic E-state index is -0.972. The number of aliphatic hydroxyl groups excluding tert-OH is 1. The molecule has 3 saturated heterocycles. The van der Waals surface area contributed by atoms with Crippen molar-refractivity contribution in [2.45, 2.75) is 108 Å². The van der Waals surface area contributed by atoms with Crippen LogP contribution in [0.2, 0.25) is 0 Å². The molecule has 0 radical (unpaired) electrons. The number of rotatable bonds is 10. The number of carbonyl (C=O) groups is 3. The van der Waals surface area contributed by atoms with Crippen LogP contribution in [0.4, 0.5) is 0 Å². The molecule has 2 amide bonds. The minimum Gasteiger partial charge on any atom is -0.466 e. The van der Waals surface area contributed by atoms with E-state index in [2.05, 4.69) is 5.32 Å². The normalized spacial score (nSPS) is 35.7. The lowest BCUT2D eigenvalue weighted by Crippen LogP contribution is -2.57. The number of nitrogens with one attached hydrogen (secondary N) is 1. The second-order valence-electron chi connectivity index (χ2n) is 10.2. The fraction of sp³-hybridized carbons (Fsp3) is 0.880. The third kappa shape index (κ3) is 4.07. The Balaban J connectivity index is 1.65. The molecule has 33 heavy (non-hydrogen) atoms. The van der Waals surface area contributed by atoms with E-state index in [1.54, 1.807) is 11.8 Å². The largest absolute Gasteiger partial charge is 0.466 e. The lowest BCUT2D eigenvalue weighted by molar-refractivity contribution is -0.160. The molecular formula is C25H40N2O6. The molecule has 1 spiro atoms. The molecule has 2 N–H and O–H groups in total. The topological polar surface area (TPSA) is 105 Å². The summed E-state index contributed by atoms with van der Waals surface area (Å²) < 4.78 is 12.1. The molecule has 2 unspecified atom stereocenters. The van der Waals surface area contributed by atoms with Gasteiger partial charge in [0.05, 0.1) is 18.1 Å². The number of amides is 2. The van der Waals surface area contributed by atoms with Crippen molar-refractivity contribution in [2.75, 3.05) is 19.8 Å². The van der Waals surface area contributed by atoms with Gasteiger partial charge in [-0.2, -0.15) is 0 Å². The summed E-state index contributed by atoms with van der Waals surface area (Å²) in [6.45, 7) is 4.54. The van der Waals surface area contributed by atoms with Crippen LogP contribution < -0.4 is 5.32 Å². The van der Waals surface area contributed by atoms with Crippen LogP contribution in [0.5, 0.6) is 0 Å². The van der Waals surface area contributed by atoms with Crippen molar-refractivity contribution >= 4 is 17.8 Å². The zero-order valence-electron chi connectivity index (χ0n) is 20.1. The molecule has 5 atom stereocenters. The quantitative estimate of drug-likeness (QED) is 0.380. The Hall–Kier alpha value is -1.67. The number of aliphatic hydroxyl groups is 1. The van der Waals surface area contributed by atoms with Crippen molar-refractivity contribution < 1.29 is 29.0 Å². The summed E-state index contributed by atoms with van der Waals surface area (Å²) in [6.07, 6.45) is 9.33. The standard InChI is InChI=1S/C25H40N2O6/c1-3-24-13-14-25(33-24)18(19(24)23(31)32-4-2)22(30)27(15-9-6-10-16-28)20(25)21(29)26-17-11-7-5-8-12-17/h17-20,28H,3-16H2,1-2H3,(H,26,29)/t18-,19+,20?,24-,25?/m0/s1. The molecule has 0 aromatic rings. The van der Waals surface area contributed by atoms with Crippen LogP contribution >= 0.6 is 0 Å². The van der Waals surface area contributed by atoms with Crippen LogP contribution in [0.15, 0.2) is 0 Å². The number of ether oxygens (including phenoxy) is 2. The summed E-state index contributed by atoms with van der Waals surface area (Å²) in [5.41, 5.74) is -1.71. The molecule has 2 bridgehead atoms. The Morgan fingerprint density at radius 2 is 1.91 bits per heavy atom. The summed E-state index contributed by atoms with van der Waals surface area (Å²) in [7, 11) is 0. The average molecular weight is 465 g/mol. The molecule has 4 aliphatic rings. The van der Waals surface area contributed by atoms with Crippen molar-refractivity contribution in [3.05, 3.63) is 0 Å². The molecule has 186 valence electrons. The van der Waals surface area contributed by atoms with Crippen molar-refractivity contribution in [2.24, 2.45) is 11.8 Å².